The molecular formula is C16H31N3O. The van der Waals surface area contributed by atoms with E-state index in [0.29, 0.717) is 5.91 Å². The van der Waals surface area contributed by atoms with E-state index in [0.717, 1.165) is 51.6 Å². The van der Waals surface area contributed by atoms with E-state index >= 15 is 0 Å². The van der Waals surface area contributed by atoms with Crippen molar-refractivity contribution in [3.05, 3.63) is 0 Å². The van der Waals surface area contributed by atoms with Crippen molar-refractivity contribution in [3.63, 3.8) is 0 Å². The van der Waals surface area contributed by atoms with Crippen LogP contribution in [0.2, 0.25) is 0 Å². The molecule has 2 heterocycles. The molecule has 2 aliphatic rings. The number of nitrogens with zero attached hydrogens (tertiary/aromatic N) is 2. The maximum atomic E-state index is 12.6. The Bertz CT molecular complexity index is 314. The van der Waals surface area contributed by atoms with E-state index in [1.54, 1.807) is 0 Å². The minimum atomic E-state index is -0.147. The maximum absolute atomic E-state index is 12.6. The third-order valence-electron chi connectivity index (χ3n) is 5.20. The van der Waals surface area contributed by atoms with Gasteiger partial charge >= 0.3 is 0 Å². The molecule has 4 nitrogen and oxygen atoms in total. The molecule has 0 spiro atoms. The Morgan fingerprint density at radius 2 is 1.95 bits per heavy atom. The fourth-order valence-corrected chi connectivity index (χ4v) is 3.55. The molecule has 0 aromatic rings. The lowest BCUT2D eigenvalue weighted by molar-refractivity contribution is -0.141. The number of likely N-dealkylation sites (tertiary alicyclic amines) is 1. The lowest BCUT2D eigenvalue weighted by Gasteiger charge is -2.38. The first-order valence-corrected chi connectivity index (χ1v) is 8.31. The van der Waals surface area contributed by atoms with E-state index in [9.17, 15) is 4.79 Å². The molecule has 2 fully saturated rings. The highest BCUT2D eigenvalue weighted by atomic mass is 16.2. The van der Waals surface area contributed by atoms with Crippen LogP contribution in [-0.2, 0) is 4.79 Å². The second-order valence-corrected chi connectivity index (χ2v) is 6.71. The Morgan fingerprint density at radius 1 is 1.30 bits per heavy atom. The summed E-state index contributed by atoms with van der Waals surface area (Å²) >= 11 is 0. The first-order chi connectivity index (χ1) is 9.59. The van der Waals surface area contributed by atoms with Crippen molar-refractivity contribution in [2.24, 2.45) is 11.3 Å². The minimum absolute atomic E-state index is 0.147. The number of carbonyl (C=O) groups excluding carboxylic acids is 1. The molecule has 0 aliphatic carbocycles. The van der Waals surface area contributed by atoms with E-state index in [1.165, 1.54) is 19.4 Å². The number of amides is 1. The Kier molecular flexibility index (Phi) is 5.44. The van der Waals surface area contributed by atoms with Crippen LogP contribution in [0.25, 0.3) is 0 Å². The number of nitrogens with one attached hydrogen (secondary N) is 1. The molecule has 2 aliphatic heterocycles. The third-order valence-corrected chi connectivity index (χ3v) is 5.20. The molecule has 1 atom stereocenters. The van der Waals surface area contributed by atoms with Crippen LogP contribution >= 0.6 is 0 Å². The largest absolute Gasteiger partial charge is 0.342 e. The first-order valence-electron chi connectivity index (χ1n) is 8.31. The minimum Gasteiger partial charge on any atom is -0.342 e. The molecule has 116 valence electrons. The van der Waals surface area contributed by atoms with Crippen molar-refractivity contribution in [2.45, 2.75) is 40.0 Å². The van der Waals surface area contributed by atoms with Gasteiger partial charge in [-0.05, 0) is 51.7 Å². The summed E-state index contributed by atoms with van der Waals surface area (Å²) in [6.45, 7) is 13.8. The molecule has 2 saturated heterocycles. The highest BCUT2D eigenvalue weighted by molar-refractivity contribution is 5.83. The second kappa shape index (κ2) is 6.90. The molecule has 4 heteroatoms. The summed E-state index contributed by atoms with van der Waals surface area (Å²) < 4.78 is 0. The van der Waals surface area contributed by atoms with Crippen LogP contribution in [0.5, 0.6) is 0 Å². The Morgan fingerprint density at radius 3 is 2.45 bits per heavy atom. The molecule has 1 unspecified atom stereocenters. The summed E-state index contributed by atoms with van der Waals surface area (Å²) in [6, 6.07) is 0. The van der Waals surface area contributed by atoms with Gasteiger partial charge in [0.25, 0.3) is 0 Å². The molecule has 0 radical (unpaired) electrons. The van der Waals surface area contributed by atoms with E-state index in [-0.39, 0.29) is 5.41 Å². The van der Waals surface area contributed by atoms with Crippen molar-refractivity contribution in [1.29, 1.82) is 0 Å². The van der Waals surface area contributed by atoms with Gasteiger partial charge in [0.05, 0.1) is 5.41 Å². The summed E-state index contributed by atoms with van der Waals surface area (Å²) in [5.41, 5.74) is -0.147. The molecule has 1 N–H and O–H groups in total. The van der Waals surface area contributed by atoms with Crippen molar-refractivity contribution < 1.29 is 4.79 Å². The van der Waals surface area contributed by atoms with Crippen molar-refractivity contribution in [2.75, 3.05) is 45.8 Å². The van der Waals surface area contributed by atoms with Gasteiger partial charge in [0, 0.05) is 26.2 Å². The molecule has 0 aromatic heterocycles. The predicted molar refractivity (Wildman–Crippen MR) is 82.7 cm³/mol. The standard InChI is InChI=1S/C16H31N3O/c1-4-18(5-2)12-14-6-10-19(11-7-14)15(20)16(3)8-9-17-13-16/h14,17H,4-13H2,1-3H3. The summed E-state index contributed by atoms with van der Waals surface area (Å²) in [5, 5.41) is 3.33. The number of piperidine rings is 1. The van der Waals surface area contributed by atoms with E-state index in [4.69, 9.17) is 0 Å². The zero-order chi connectivity index (χ0) is 14.6. The van der Waals surface area contributed by atoms with E-state index in [2.05, 4.69) is 35.9 Å². The fourth-order valence-electron chi connectivity index (χ4n) is 3.55. The van der Waals surface area contributed by atoms with Crippen molar-refractivity contribution in [1.82, 2.24) is 15.1 Å². The zero-order valence-electron chi connectivity index (χ0n) is 13.5. The van der Waals surface area contributed by atoms with Crippen LogP contribution in [0, 0.1) is 11.3 Å². The van der Waals surface area contributed by atoms with Crippen LogP contribution in [-0.4, -0.2) is 61.5 Å². The van der Waals surface area contributed by atoms with Gasteiger partial charge in [-0.3, -0.25) is 4.79 Å². The quantitative estimate of drug-likeness (QED) is 0.831. The number of rotatable bonds is 5. The molecular weight excluding hydrogens is 250 g/mol. The number of carbonyl (C=O) groups is 1. The molecule has 2 rings (SSSR count). The molecule has 20 heavy (non-hydrogen) atoms. The number of hydrogen-bond acceptors (Lipinski definition) is 3. The zero-order valence-corrected chi connectivity index (χ0v) is 13.5. The molecule has 0 saturated carbocycles. The normalized spacial score (nSPS) is 28.3. The highest BCUT2D eigenvalue weighted by Crippen LogP contribution is 2.29. The fraction of sp³-hybridized carbons (Fsp3) is 0.938. The summed E-state index contributed by atoms with van der Waals surface area (Å²) in [7, 11) is 0. The Hall–Kier alpha value is -0.610. The second-order valence-electron chi connectivity index (χ2n) is 6.71. The van der Waals surface area contributed by atoms with Crippen LogP contribution < -0.4 is 5.32 Å². The van der Waals surface area contributed by atoms with Gasteiger partial charge < -0.3 is 15.1 Å². The lowest BCUT2D eigenvalue weighted by atomic mass is 9.86. The maximum Gasteiger partial charge on any atom is 0.229 e. The van der Waals surface area contributed by atoms with Gasteiger partial charge in [-0.1, -0.05) is 13.8 Å². The van der Waals surface area contributed by atoms with E-state index in [1.807, 2.05) is 0 Å². The van der Waals surface area contributed by atoms with Gasteiger partial charge in [-0.2, -0.15) is 0 Å². The van der Waals surface area contributed by atoms with Crippen LogP contribution in [0.1, 0.15) is 40.0 Å². The predicted octanol–water partition coefficient (Wildman–Crippen LogP) is 1.57. The SMILES string of the molecule is CCN(CC)CC1CCN(C(=O)C2(C)CCNC2)CC1. The van der Waals surface area contributed by atoms with Gasteiger partial charge in [0.2, 0.25) is 5.91 Å². The topological polar surface area (TPSA) is 35.6 Å². The summed E-state index contributed by atoms with van der Waals surface area (Å²) in [6.07, 6.45) is 3.34. The van der Waals surface area contributed by atoms with Crippen molar-refractivity contribution >= 4 is 5.91 Å². The van der Waals surface area contributed by atoms with Gasteiger partial charge in [-0.15, -0.1) is 0 Å². The molecule has 0 aromatic carbocycles. The van der Waals surface area contributed by atoms with Gasteiger partial charge in [0.15, 0.2) is 0 Å². The lowest BCUT2D eigenvalue weighted by Crippen LogP contribution is -2.48. The monoisotopic (exact) mass is 281 g/mol. The van der Waals surface area contributed by atoms with E-state index < -0.39 is 0 Å². The van der Waals surface area contributed by atoms with Crippen LogP contribution in [0.3, 0.4) is 0 Å². The summed E-state index contributed by atoms with van der Waals surface area (Å²) in [5.74, 6) is 1.15. The molecule has 1 amide bonds. The van der Waals surface area contributed by atoms with Gasteiger partial charge in [0.1, 0.15) is 0 Å². The summed E-state index contributed by atoms with van der Waals surface area (Å²) in [4.78, 5) is 17.3. The van der Waals surface area contributed by atoms with Gasteiger partial charge in [-0.25, -0.2) is 0 Å². The first kappa shape index (κ1) is 15.8. The van der Waals surface area contributed by atoms with Crippen LogP contribution in [0.15, 0.2) is 0 Å². The smallest absolute Gasteiger partial charge is 0.229 e. The highest BCUT2D eigenvalue weighted by Gasteiger charge is 2.40. The average molecular weight is 281 g/mol. The Balaban J connectivity index is 1.80. The van der Waals surface area contributed by atoms with Crippen LogP contribution in [0.4, 0.5) is 0 Å². The Labute approximate surface area is 123 Å². The third kappa shape index (κ3) is 3.53. The number of hydrogen-bond donors (Lipinski definition) is 1. The average Bonchev–Trinajstić information content (AvgIpc) is 2.92. The molecule has 0 bridgehead atoms. The van der Waals surface area contributed by atoms with Crippen molar-refractivity contribution in [3.8, 4) is 0 Å².